The number of nitrogen functional groups attached to an aromatic ring is 1. The van der Waals surface area contributed by atoms with Gasteiger partial charge in [0.05, 0.1) is 12.0 Å². The summed E-state index contributed by atoms with van der Waals surface area (Å²) in [5, 5.41) is 3.15. The van der Waals surface area contributed by atoms with Crippen molar-refractivity contribution in [1.82, 2.24) is 14.5 Å². The van der Waals surface area contributed by atoms with Gasteiger partial charge in [-0.1, -0.05) is 0 Å². The second kappa shape index (κ2) is 5.38. The lowest BCUT2D eigenvalue weighted by atomic mass is 10.2. The number of primary amides is 1. The van der Waals surface area contributed by atoms with Gasteiger partial charge in [0.1, 0.15) is 11.5 Å². The summed E-state index contributed by atoms with van der Waals surface area (Å²) in [5.41, 5.74) is 11.7. The largest absolute Gasteiger partial charge is 0.396 e. The fraction of sp³-hybridized carbons (Fsp3) is 0.250. The van der Waals surface area contributed by atoms with Crippen LogP contribution in [0.4, 0.5) is 11.5 Å². The highest BCUT2D eigenvalue weighted by Gasteiger charge is 2.10. The van der Waals surface area contributed by atoms with Gasteiger partial charge >= 0.3 is 0 Å². The predicted octanol–water partition coefficient (Wildman–Crippen LogP) is 0.460. The zero-order chi connectivity index (χ0) is 13.8. The molecule has 2 rings (SSSR count). The van der Waals surface area contributed by atoms with E-state index in [1.165, 1.54) is 6.07 Å². The van der Waals surface area contributed by atoms with Crippen LogP contribution in [-0.4, -0.2) is 26.5 Å². The molecule has 1 amide bonds. The topological polar surface area (TPSA) is 112 Å². The highest BCUT2D eigenvalue weighted by Crippen LogP contribution is 2.16. The van der Waals surface area contributed by atoms with E-state index >= 15 is 0 Å². The summed E-state index contributed by atoms with van der Waals surface area (Å²) < 4.78 is 1.94. The maximum absolute atomic E-state index is 11.1. The third kappa shape index (κ3) is 3.21. The molecule has 0 aliphatic carbocycles. The van der Waals surface area contributed by atoms with Crippen LogP contribution >= 0.6 is 0 Å². The van der Waals surface area contributed by atoms with Gasteiger partial charge in [-0.25, -0.2) is 9.97 Å². The first-order chi connectivity index (χ1) is 9.06. The Bertz CT molecular complexity index is 566. The SMILES string of the molecule is CC(Cn1ccnc1)Nc1nc(C(N)=O)ccc1N. The Morgan fingerprint density at radius 3 is 2.95 bits per heavy atom. The molecule has 1 atom stereocenters. The zero-order valence-corrected chi connectivity index (χ0v) is 10.6. The molecule has 7 heteroatoms. The molecule has 5 N–H and O–H groups in total. The fourth-order valence-corrected chi connectivity index (χ4v) is 1.71. The third-order valence-electron chi connectivity index (χ3n) is 2.61. The summed E-state index contributed by atoms with van der Waals surface area (Å²) in [6.07, 6.45) is 5.32. The number of imidazole rings is 1. The van der Waals surface area contributed by atoms with E-state index < -0.39 is 5.91 Å². The average molecular weight is 260 g/mol. The summed E-state index contributed by atoms with van der Waals surface area (Å²) in [6, 6.07) is 3.19. The second-order valence-electron chi connectivity index (χ2n) is 4.30. The van der Waals surface area contributed by atoms with E-state index in [0.717, 1.165) is 0 Å². The first kappa shape index (κ1) is 12.9. The average Bonchev–Trinajstić information content (AvgIpc) is 2.84. The van der Waals surface area contributed by atoms with Crippen molar-refractivity contribution in [2.45, 2.75) is 19.5 Å². The second-order valence-corrected chi connectivity index (χ2v) is 4.30. The van der Waals surface area contributed by atoms with E-state index in [4.69, 9.17) is 11.5 Å². The number of anilines is 2. The van der Waals surface area contributed by atoms with Crippen molar-refractivity contribution in [3.8, 4) is 0 Å². The van der Waals surface area contributed by atoms with Gasteiger partial charge in [0.2, 0.25) is 0 Å². The smallest absolute Gasteiger partial charge is 0.267 e. The molecule has 2 aromatic heterocycles. The number of nitrogens with two attached hydrogens (primary N) is 2. The van der Waals surface area contributed by atoms with Crippen LogP contribution < -0.4 is 16.8 Å². The molecule has 0 aliphatic rings. The van der Waals surface area contributed by atoms with Gasteiger partial charge in [-0.3, -0.25) is 4.79 Å². The molecule has 0 radical (unpaired) electrons. The Morgan fingerprint density at radius 1 is 1.53 bits per heavy atom. The number of nitrogens with one attached hydrogen (secondary N) is 1. The van der Waals surface area contributed by atoms with Crippen LogP contribution in [-0.2, 0) is 6.54 Å². The molecule has 0 spiro atoms. The maximum Gasteiger partial charge on any atom is 0.267 e. The molecule has 1 unspecified atom stereocenters. The number of aromatic nitrogens is 3. The van der Waals surface area contributed by atoms with Crippen LogP contribution in [0.15, 0.2) is 30.9 Å². The predicted molar refractivity (Wildman–Crippen MR) is 72.5 cm³/mol. The van der Waals surface area contributed by atoms with E-state index in [9.17, 15) is 4.79 Å². The quantitative estimate of drug-likeness (QED) is 0.723. The third-order valence-corrected chi connectivity index (χ3v) is 2.61. The van der Waals surface area contributed by atoms with Crippen LogP contribution in [0.1, 0.15) is 17.4 Å². The summed E-state index contributed by atoms with van der Waals surface area (Å²) in [6.45, 7) is 2.69. The van der Waals surface area contributed by atoms with Crippen molar-refractivity contribution in [1.29, 1.82) is 0 Å². The van der Waals surface area contributed by atoms with Gasteiger partial charge in [-0.05, 0) is 19.1 Å². The lowest BCUT2D eigenvalue weighted by Crippen LogP contribution is -2.23. The molecule has 0 saturated carbocycles. The van der Waals surface area contributed by atoms with E-state index in [-0.39, 0.29) is 11.7 Å². The number of carbonyl (C=O) groups is 1. The standard InChI is InChI=1S/C12H16N6O/c1-8(6-18-5-4-15-7-18)16-12-9(13)2-3-10(17-12)11(14)19/h2-5,7-8H,6,13H2,1H3,(H2,14,19)(H,16,17). The minimum absolute atomic E-state index is 0.0760. The zero-order valence-electron chi connectivity index (χ0n) is 10.6. The lowest BCUT2D eigenvalue weighted by molar-refractivity contribution is 0.0995. The minimum atomic E-state index is -0.578. The van der Waals surface area contributed by atoms with Gasteiger partial charge in [0, 0.05) is 25.0 Å². The van der Waals surface area contributed by atoms with Crippen LogP contribution in [0.3, 0.4) is 0 Å². The molecule has 0 bridgehead atoms. The molecule has 2 aromatic rings. The molecular weight excluding hydrogens is 244 g/mol. The molecule has 19 heavy (non-hydrogen) atoms. The Hall–Kier alpha value is -2.57. The maximum atomic E-state index is 11.1. The van der Waals surface area contributed by atoms with Crippen molar-refractivity contribution in [2.24, 2.45) is 5.73 Å². The molecule has 0 aromatic carbocycles. The summed E-state index contributed by atoms with van der Waals surface area (Å²) in [5.74, 6) is -0.116. The Balaban J connectivity index is 2.09. The number of hydrogen-bond donors (Lipinski definition) is 3. The Morgan fingerprint density at radius 2 is 2.32 bits per heavy atom. The van der Waals surface area contributed by atoms with Gasteiger partial charge in [0.15, 0.2) is 0 Å². The molecule has 0 saturated heterocycles. The van der Waals surface area contributed by atoms with Crippen LogP contribution in [0.25, 0.3) is 0 Å². The van der Waals surface area contributed by atoms with E-state index in [1.807, 2.05) is 17.7 Å². The normalized spacial score (nSPS) is 12.1. The number of rotatable bonds is 5. The molecule has 100 valence electrons. The highest BCUT2D eigenvalue weighted by atomic mass is 16.1. The summed E-state index contributed by atoms with van der Waals surface area (Å²) >= 11 is 0. The first-order valence-electron chi connectivity index (χ1n) is 5.85. The Kier molecular flexibility index (Phi) is 3.65. The Labute approximate surface area is 110 Å². The highest BCUT2D eigenvalue weighted by molar-refractivity contribution is 5.91. The van der Waals surface area contributed by atoms with Crippen molar-refractivity contribution in [2.75, 3.05) is 11.1 Å². The number of amides is 1. The first-order valence-corrected chi connectivity index (χ1v) is 5.85. The molecule has 0 fully saturated rings. The van der Waals surface area contributed by atoms with Gasteiger partial charge in [0.25, 0.3) is 5.91 Å². The number of hydrogen-bond acceptors (Lipinski definition) is 5. The van der Waals surface area contributed by atoms with Gasteiger partial charge in [-0.15, -0.1) is 0 Å². The fourth-order valence-electron chi connectivity index (χ4n) is 1.71. The van der Waals surface area contributed by atoms with Crippen LogP contribution in [0, 0.1) is 0 Å². The molecule has 2 heterocycles. The van der Waals surface area contributed by atoms with E-state index in [1.54, 1.807) is 18.6 Å². The van der Waals surface area contributed by atoms with Crippen molar-refractivity contribution in [3.63, 3.8) is 0 Å². The summed E-state index contributed by atoms with van der Waals surface area (Å²) in [4.78, 5) is 19.2. The van der Waals surface area contributed by atoms with Crippen molar-refractivity contribution in [3.05, 3.63) is 36.5 Å². The van der Waals surface area contributed by atoms with Crippen LogP contribution in [0.5, 0.6) is 0 Å². The number of carbonyl (C=O) groups excluding carboxylic acids is 1. The van der Waals surface area contributed by atoms with E-state index in [2.05, 4.69) is 15.3 Å². The molecule has 7 nitrogen and oxygen atoms in total. The molecular formula is C12H16N6O. The number of pyridine rings is 1. The monoisotopic (exact) mass is 260 g/mol. The van der Waals surface area contributed by atoms with E-state index in [0.29, 0.717) is 18.1 Å². The van der Waals surface area contributed by atoms with Gasteiger partial charge in [-0.2, -0.15) is 0 Å². The molecule has 0 aliphatic heterocycles. The summed E-state index contributed by atoms with van der Waals surface area (Å²) in [7, 11) is 0. The lowest BCUT2D eigenvalue weighted by Gasteiger charge is -2.16. The van der Waals surface area contributed by atoms with Crippen molar-refractivity contribution >= 4 is 17.4 Å². The number of nitrogens with zero attached hydrogens (tertiary/aromatic N) is 3. The van der Waals surface area contributed by atoms with Crippen LogP contribution in [0.2, 0.25) is 0 Å². The van der Waals surface area contributed by atoms with Crippen molar-refractivity contribution < 1.29 is 4.79 Å². The minimum Gasteiger partial charge on any atom is -0.396 e. The van der Waals surface area contributed by atoms with Gasteiger partial charge < -0.3 is 21.4 Å².